The van der Waals surface area contributed by atoms with E-state index in [0.29, 0.717) is 49.1 Å². The van der Waals surface area contributed by atoms with Crippen molar-refractivity contribution in [1.29, 1.82) is 0 Å². The van der Waals surface area contributed by atoms with Crippen LogP contribution in [0.4, 0.5) is 4.39 Å². The highest BCUT2D eigenvalue weighted by Crippen LogP contribution is 2.29. The Hall–Kier alpha value is -2.99. The molecule has 0 aromatic heterocycles. The van der Waals surface area contributed by atoms with Gasteiger partial charge >= 0.3 is 0 Å². The number of carbonyl (C=O) groups excluding carboxylic acids is 3. The molecule has 1 saturated heterocycles. The molecule has 31 heavy (non-hydrogen) atoms. The number of amides is 2. The minimum Gasteiger partial charge on any atom is -0.329 e. The zero-order valence-corrected chi connectivity index (χ0v) is 17.7. The molecule has 0 spiro atoms. The van der Waals surface area contributed by atoms with Gasteiger partial charge in [-0.2, -0.15) is 0 Å². The Kier molecular flexibility index (Phi) is 5.92. The topological polar surface area (TPSA) is 66.5 Å². The molecule has 1 unspecified atom stereocenters. The predicted molar refractivity (Wildman–Crippen MR) is 115 cm³/mol. The SMILES string of the molecule is C=C1CCC(N2Cc3cc(CCC(=O)Cc4ccc(F)c(Cl)c4)ccc3C2=O)C(=O)N1. The molecular weight excluding hydrogens is 419 g/mol. The lowest BCUT2D eigenvalue weighted by atomic mass is 9.99. The van der Waals surface area contributed by atoms with Gasteiger partial charge in [-0.1, -0.05) is 36.4 Å². The highest BCUT2D eigenvalue weighted by atomic mass is 35.5. The number of Topliss-reactive ketones (excluding diaryl/α,β-unsaturated/α-hetero) is 1. The van der Waals surface area contributed by atoms with E-state index in [9.17, 15) is 18.8 Å². The van der Waals surface area contributed by atoms with Gasteiger partial charge in [0.15, 0.2) is 0 Å². The van der Waals surface area contributed by atoms with Gasteiger partial charge in [0.05, 0.1) is 5.02 Å². The number of hydrogen-bond donors (Lipinski definition) is 1. The summed E-state index contributed by atoms with van der Waals surface area (Å²) < 4.78 is 13.3. The molecule has 2 aromatic rings. The van der Waals surface area contributed by atoms with E-state index in [-0.39, 0.29) is 29.0 Å². The molecule has 0 aliphatic carbocycles. The van der Waals surface area contributed by atoms with Crippen molar-refractivity contribution in [1.82, 2.24) is 10.2 Å². The summed E-state index contributed by atoms with van der Waals surface area (Å²) >= 11 is 5.77. The number of benzene rings is 2. The molecule has 1 fully saturated rings. The van der Waals surface area contributed by atoms with Crippen LogP contribution in [0.2, 0.25) is 5.02 Å². The number of allylic oxidation sites excluding steroid dienone is 1. The van der Waals surface area contributed by atoms with Crippen LogP contribution in [-0.2, 0) is 29.0 Å². The summed E-state index contributed by atoms with van der Waals surface area (Å²) in [4.78, 5) is 39.0. The number of carbonyl (C=O) groups is 3. The normalized spacial score (nSPS) is 18.2. The molecule has 2 aliphatic heterocycles. The van der Waals surface area contributed by atoms with Crippen molar-refractivity contribution in [2.75, 3.05) is 0 Å². The second kappa shape index (κ2) is 8.63. The van der Waals surface area contributed by atoms with E-state index in [0.717, 1.165) is 11.1 Å². The summed E-state index contributed by atoms with van der Waals surface area (Å²) in [5.74, 6) is -0.808. The molecule has 1 N–H and O–H groups in total. The number of aryl methyl sites for hydroxylation is 1. The second-order valence-electron chi connectivity index (χ2n) is 8.04. The highest BCUT2D eigenvalue weighted by Gasteiger charge is 2.38. The monoisotopic (exact) mass is 440 g/mol. The van der Waals surface area contributed by atoms with Gasteiger partial charge in [0.2, 0.25) is 5.91 Å². The third-order valence-corrected chi connectivity index (χ3v) is 6.07. The van der Waals surface area contributed by atoms with E-state index in [2.05, 4.69) is 11.9 Å². The quantitative estimate of drug-likeness (QED) is 0.739. The van der Waals surface area contributed by atoms with E-state index in [1.807, 2.05) is 12.1 Å². The van der Waals surface area contributed by atoms with Gasteiger partial charge in [-0.3, -0.25) is 14.4 Å². The van der Waals surface area contributed by atoms with Crippen molar-refractivity contribution < 1.29 is 18.8 Å². The van der Waals surface area contributed by atoms with Crippen molar-refractivity contribution in [3.63, 3.8) is 0 Å². The molecule has 2 amide bonds. The number of nitrogens with one attached hydrogen (secondary N) is 1. The molecule has 0 radical (unpaired) electrons. The Balaban J connectivity index is 1.38. The molecule has 2 aliphatic rings. The number of piperidine rings is 1. The van der Waals surface area contributed by atoms with Gasteiger partial charge in [0.1, 0.15) is 17.6 Å². The van der Waals surface area contributed by atoms with Gasteiger partial charge in [-0.05, 0) is 54.2 Å². The zero-order chi connectivity index (χ0) is 22.1. The van der Waals surface area contributed by atoms with Crippen LogP contribution in [0.25, 0.3) is 0 Å². The first-order valence-corrected chi connectivity index (χ1v) is 10.6. The smallest absolute Gasteiger partial charge is 0.255 e. The number of ketones is 1. The maximum atomic E-state index is 13.3. The number of hydrogen-bond acceptors (Lipinski definition) is 3. The third kappa shape index (κ3) is 4.54. The maximum Gasteiger partial charge on any atom is 0.255 e. The van der Waals surface area contributed by atoms with E-state index in [1.165, 1.54) is 12.1 Å². The molecular formula is C24H22ClFN2O3. The number of rotatable bonds is 6. The molecule has 5 nitrogen and oxygen atoms in total. The lowest BCUT2D eigenvalue weighted by Crippen LogP contribution is -2.49. The Labute approximate surface area is 184 Å². The first-order valence-electron chi connectivity index (χ1n) is 10.2. The number of halogens is 2. The molecule has 0 saturated carbocycles. The van der Waals surface area contributed by atoms with E-state index < -0.39 is 11.9 Å². The van der Waals surface area contributed by atoms with Crippen LogP contribution in [0.3, 0.4) is 0 Å². The van der Waals surface area contributed by atoms with Crippen molar-refractivity contribution in [3.05, 3.63) is 81.8 Å². The minimum absolute atomic E-state index is 0.00843. The first-order chi connectivity index (χ1) is 14.8. The Bertz CT molecular complexity index is 1100. The van der Waals surface area contributed by atoms with Crippen LogP contribution in [-0.4, -0.2) is 28.5 Å². The van der Waals surface area contributed by atoms with Crippen molar-refractivity contribution in [2.45, 2.75) is 44.7 Å². The summed E-state index contributed by atoms with van der Waals surface area (Å²) in [6, 6.07) is 9.37. The van der Waals surface area contributed by atoms with Crippen LogP contribution >= 0.6 is 11.6 Å². The average molecular weight is 441 g/mol. The Morgan fingerprint density at radius 3 is 2.71 bits per heavy atom. The maximum absolute atomic E-state index is 13.3. The standard InChI is InChI=1S/C24H22ClFN2O3/c1-14-2-9-22(23(30)27-14)28-13-17-10-15(4-7-19(17)24(28)31)3-6-18(29)11-16-5-8-21(26)20(25)12-16/h4-5,7-8,10,12,22H,1-3,6,9,11,13H2,(H,27,30). The van der Waals surface area contributed by atoms with Crippen molar-refractivity contribution >= 4 is 29.2 Å². The van der Waals surface area contributed by atoms with E-state index >= 15 is 0 Å². The highest BCUT2D eigenvalue weighted by molar-refractivity contribution is 6.30. The van der Waals surface area contributed by atoms with Crippen LogP contribution in [0.15, 0.2) is 48.7 Å². The molecule has 7 heteroatoms. The fourth-order valence-corrected chi connectivity index (χ4v) is 4.32. The van der Waals surface area contributed by atoms with Crippen LogP contribution in [0.5, 0.6) is 0 Å². The fourth-order valence-electron chi connectivity index (χ4n) is 4.11. The first kappa shape index (κ1) is 21.2. The molecule has 1 atom stereocenters. The predicted octanol–water partition coefficient (Wildman–Crippen LogP) is 3.97. The molecule has 2 aromatic carbocycles. The summed E-state index contributed by atoms with van der Waals surface area (Å²) in [6.45, 7) is 4.16. The van der Waals surface area contributed by atoms with Gasteiger partial charge in [-0.15, -0.1) is 0 Å². The van der Waals surface area contributed by atoms with Gasteiger partial charge in [0, 0.05) is 30.6 Å². The summed E-state index contributed by atoms with van der Waals surface area (Å²) in [6.07, 6.45) is 2.29. The lowest BCUT2D eigenvalue weighted by molar-refractivity contribution is -0.126. The zero-order valence-electron chi connectivity index (χ0n) is 16.9. The van der Waals surface area contributed by atoms with Crippen LogP contribution in [0, 0.1) is 5.82 Å². The van der Waals surface area contributed by atoms with Crippen molar-refractivity contribution in [3.8, 4) is 0 Å². The molecule has 4 rings (SSSR count). The van der Waals surface area contributed by atoms with Gasteiger partial charge in [-0.25, -0.2) is 4.39 Å². The van der Waals surface area contributed by atoms with E-state index in [4.69, 9.17) is 11.6 Å². The fraction of sp³-hybridized carbons (Fsp3) is 0.292. The number of nitrogens with zero attached hydrogens (tertiary/aromatic N) is 1. The molecule has 0 bridgehead atoms. The largest absolute Gasteiger partial charge is 0.329 e. The lowest BCUT2D eigenvalue weighted by Gasteiger charge is -2.30. The molecule has 2 heterocycles. The average Bonchev–Trinajstić information content (AvgIpc) is 3.05. The van der Waals surface area contributed by atoms with Crippen LogP contribution in [0.1, 0.15) is 46.3 Å². The minimum atomic E-state index is -0.504. The third-order valence-electron chi connectivity index (χ3n) is 5.78. The van der Waals surface area contributed by atoms with E-state index in [1.54, 1.807) is 17.0 Å². The summed E-state index contributed by atoms with van der Waals surface area (Å²) in [5, 5.41) is 2.74. The van der Waals surface area contributed by atoms with Gasteiger partial charge < -0.3 is 10.2 Å². The Morgan fingerprint density at radius 1 is 1.19 bits per heavy atom. The summed E-state index contributed by atoms with van der Waals surface area (Å²) in [7, 11) is 0. The van der Waals surface area contributed by atoms with Crippen LogP contribution < -0.4 is 5.32 Å². The van der Waals surface area contributed by atoms with Crippen molar-refractivity contribution in [2.24, 2.45) is 0 Å². The second-order valence-corrected chi connectivity index (χ2v) is 8.44. The number of fused-ring (bicyclic) bond motifs is 1. The summed E-state index contributed by atoms with van der Waals surface area (Å²) in [5.41, 5.74) is 3.80. The Morgan fingerprint density at radius 2 is 1.97 bits per heavy atom. The van der Waals surface area contributed by atoms with Gasteiger partial charge in [0.25, 0.3) is 5.91 Å². The molecule has 160 valence electrons.